The average molecular weight is 298 g/mol. The normalized spacial score (nSPS) is 24.6. The molecule has 2 aliphatic rings. The van der Waals surface area contributed by atoms with Crippen LogP contribution in [0.2, 0.25) is 0 Å². The molecule has 1 N–H and O–H groups in total. The summed E-state index contributed by atoms with van der Waals surface area (Å²) in [6.07, 6.45) is 5.48. The van der Waals surface area contributed by atoms with Gasteiger partial charge in [0.05, 0.1) is 7.11 Å². The number of hydrogen-bond donors (Lipinski definition) is 1. The van der Waals surface area contributed by atoms with Gasteiger partial charge in [0.15, 0.2) is 5.78 Å². The number of nitrogens with zero attached hydrogens (tertiary/aromatic N) is 1. The molecule has 0 saturated carbocycles. The van der Waals surface area contributed by atoms with Gasteiger partial charge in [-0.15, -0.1) is 0 Å². The van der Waals surface area contributed by atoms with Gasteiger partial charge in [0.2, 0.25) is 0 Å². The Bertz CT molecular complexity index is 664. The van der Waals surface area contributed by atoms with E-state index in [1.165, 1.54) is 7.11 Å². The molecule has 1 aliphatic heterocycles. The number of Topliss-reactive ketones (excluding diaryl/α,β-unsaturated/α-hetero) is 1. The van der Waals surface area contributed by atoms with Crippen molar-refractivity contribution >= 4 is 11.8 Å². The predicted octanol–water partition coefficient (Wildman–Crippen LogP) is 2.08. The third-order valence-corrected chi connectivity index (χ3v) is 4.31. The van der Waals surface area contributed by atoms with E-state index in [2.05, 4.69) is 16.9 Å². The predicted molar refractivity (Wildman–Crippen MR) is 80.6 cm³/mol. The number of methoxy groups -OCH3 is 1. The number of pyridine rings is 1. The Morgan fingerprint density at radius 2 is 2.09 bits per heavy atom. The molecule has 5 nitrogen and oxygen atoms in total. The number of nitrogens with one attached hydrogen (secondary N) is 1. The van der Waals surface area contributed by atoms with E-state index in [1.807, 2.05) is 12.1 Å². The molecule has 2 heterocycles. The minimum atomic E-state index is -0.604. The summed E-state index contributed by atoms with van der Waals surface area (Å²) >= 11 is 0. The number of aromatic nitrogens is 1. The van der Waals surface area contributed by atoms with Crippen molar-refractivity contribution in [3.05, 3.63) is 53.6 Å². The van der Waals surface area contributed by atoms with E-state index in [-0.39, 0.29) is 17.7 Å². The Labute approximate surface area is 129 Å². The highest BCUT2D eigenvalue weighted by atomic mass is 16.5. The summed E-state index contributed by atoms with van der Waals surface area (Å²) in [6, 6.07) is 3.68. The van der Waals surface area contributed by atoms with Gasteiger partial charge < -0.3 is 10.1 Å². The minimum absolute atomic E-state index is 0.0944. The Morgan fingerprint density at radius 3 is 2.77 bits per heavy atom. The zero-order valence-electron chi connectivity index (χ0n) is 12.5. The Hall–Kier alpha value is -2.43. The van der Waals surface area contributed by atoms with E-state index in [1.54, 1.807) is 12.4 Å². The number of esters is 1. The topological polar surface area (TPSA) is 68.3 Å². The van der Waals surface area contributed by atoms with Crippen LogP contribution in [0.5, 0.6) is 0 Å². The van der Waals surface area contributed by atoms with Crippen molar-refractivity contribution in [2.45, 2.75) is 25.2 Å². The SMILES string of the molecule is C=C1NC2=C(C(=O)CCC2)C(c2ccncc2)C1C(=O)OC. The van der Waals surface area contributed by atoms with Crippen LogP contribution in [0.25, 0.3) is 0 Å². The molecule has 1 aromatic rings. The molecule has 0 saturated heterocycles. The van der Waals surface area contributed by atoms with E-state index in [9.17, 15) is 9.59 Å². The number of allylic oxidation sites excluding steroid dienone is 2. The summed E-state index contributed by atoms with van der Waals surface area (Å²) in [5, 5.41) is 3.16. The summed E-state index contributed by atoms with van der Waals surface area (Å²) in [6.45, 7) is 3.98. The lowest BCUT2D eigenvalue weighted by Gasteiger charge is -2.37. The van der Waals surface area contributed by atoms with Crippen molar-refractivity contribution in [1.29, 1.82) is 0 Å². The van der Waals surface area contributed by atoms with Gasteiger partial charge in [0.1, 0.15) is 5.92 Å². The summed E-state index contributed by atoms with van der Waals surface area (Å²) in [7, 11) is 1.35. The minimum Gasteiger partial charge on any atom is -0.468 e. The van der Waals surface area contributed by atoms with E-state index in [0.29, 0.717) is 17.7 Å². The number of hydrogen-bond acceptors (Lipinski definition) is 5. The highest BCUT2D eigenvalue weighted by molar-refractivity contribution is 6.00. The highest BCUT2D eigenvalue weighted by Crippen LogP contribution is 2.43. The molecular weight excluding hydrogens is 280 g/mol. The molecular formula is C17H18N2O3. The summed E-state index contributed by atoms with van der Waals surface area (Å²) in [4.78, 5) is 28.8. The van der Waals surface area contributed by atoms with Crippen LogP contribution in [0.15, 0.2) is 48.1 Å². The van der Waals surface area contributed by atoms with Crippen molar-refractivity contribution in [3.63, 3.8) is 0 Å². The molecule has 0 radical (unpaired) electrons. The standard InChI is InChI=1S/C17H18N2O3/c1-10-14(17(21)22-2)15(11-6-8-18-9-7-11)16-12(19-10)4-3-5-13(16)20/h6-9,14-15,19H,1,3-5H2,2H3. The number of carbonyl (C=O) groups excluding carboxylic acids is 2. The van der Waals surface area contributed by atoms with Crippen LogP contribution in [0.1, 0.15) is 30.7 Å². The molecule has 1 aliphatic carbocycles. The molecule has 0 fully saturated rings. The summed E-state index contributed by atoms with van der Waals surface area (Å²) in [5.74, 6) is -1.25. The second-order valence-corrected chi connectivity index (χ2v) is 5.58. The van der Waals surface area contributed by atoms with Crippen LogP contribution in [-0.4, -0.2) is 23.8 Å². The lowest BCUT2D eigenvalue weighted by molar-refractivity contribution is -0.144. The zero-order valence-corrected chi connectivity index (χ0v) is 12.5. The molecule has 0 spiro atoms. The fraction of sp³-hybridized carbons (Fsp3) is 0.353. The first-order chi connectivity index (χ1) is 10.6. The molecule has 0 aromatic carbocycles. The molecule has 114 valence electrons. The highest BCUT2D eigenvalue weighted by Gasteiger charge is 2.43. The maximum atomic E-state index is 12.5. The maximum absolute atomic E-state index is 12.5. The van der Waals surface area contributed by atoms with Crippen LogP contribution in [0.4, 0.5) is 0 Å². The van der Waals surface area contributed by atoms with Crippen molar-refractivity contribution in [2.75, 3.05) is 7.11 Å². The fourth-order valence-corrected chi connectivity index (χ4v) is 3.33. The van der Waals surface area contributed by atoms with E-state index in [4.69, 9.17) is 4.74 Å². The largest absolute Gasteiger partial charge is 0.468 e. The monoisotopic (exact) mass is 298 g/mol. The van der Waals surface area contributed by atoms with Gasteiger partial charge in [-0.1, -0.05) is 6.58 Å². The fourth-order valence-electron chi connectivity index (χ4n) is 3.33. The molecule has 2 unspecified atom stereocenters. The van der Waals surface area contributed by atoms with Crippen LogP contribution < -0.4 is 5.32 Å². The lowest BCUT2D eigenvalue weighted by Crippen LogP contribution is -2.40. The van der Waals surface area contributed by atoms with Gasteiger partial charge >= 0.3 is 5.97 Å². The van der Waals surface area contributed by atoms with Gasteiger partial charge in [-0.2, -0.15) is 0 Å². The Kier molecular flexibility index (Phi) is 3.79. The van der Waals surface area contributed by atoms with Crippen LogP contribution in [-0.2, 0) is 14.3 Å². The van der Waals surface area contributed by atoms with Crippen LogP contribution in [0, 0.1) is 5.92 Å². The van der Waals surface area contributed by atoms with Gasteiger partial charge in [0, 0.05) is 41.7 Å². The number of ketones is 1. The van der Waals surface area contributed by atoms with Crippen LogP contribution in [0.3, 0.4) is 0 Å². The van der Waals surface area contributed by atoms with Crippen LogP contribution >= 0.6 is 0 Å². The molecule has 0 bridgehead atoms. The number of rotatable bonds is 2. The van der Waals surface area contributed by atoms with Crippen molar-refractivity contribution in [1.82, 2.24) is 10.3 Å². The number of ether oxygens (including phenoxy) is 1. The first-order valence-corrected chi connectivity index (χ1v) is 7.33. The zero-order chi connectivity index (χ0) is 15.7. The lowest BCUT2D eigenvalue weighted by atomic mass is 9.72. The van der Waals surface area contributed by atoms with E-state index >= 15 is 0 Å². The second kappa shape index (κ2) is 5.75. The second-order valence-electron chi connectivity index (χ2n) is 5.58. The van der Waals surface area contributed by atoms with E-state index in [0.717, 1.165) is 24.1 Å². The molecule has 5 heteroatoms. The Balaban J connectivity index is 2.16. The smallest absolute Gasteiger partial charge is 0.315 e. The average Bonchev–Trinajstić information content (AvgIpc) is 2.54. The van der Waals surface area contributed by atoms with Gasteiger partial charge in [-0.05, 0) is 30.5 Å². The summed E-state index contributed by atoms with van der Waals surface area (Å²) < 4.78 is 4.94. The van der Waals surface area contributed by atoms with E-state index < -0.39 is 5.92 Å². The molecule has 2 atom stereocenters. The molecule has 1 aromatic heterocycles. The quantitative estimate of drug-likeness (QED) is 0.847. The Morgan fingerprint density at radius 1 is 1.36 bits per heavy atom. The number of carbonyl (C=O) groups is 2. The van der Waals surface area contributed by atoms with Crippen molar-refractivity contribution in [2.24, 2.45) is 5.92 Å². The van der Waals surface area contributed by atoms with Gasteiger partial charge in [-0.3, -0.25) is 14.6 Å². The maximum Gasteiger partial charge on any atom is 0.315 e. The third kappa shape index (κ3) is 2.32. The first kappa shape index (κ1) is 14.5. The molecule has 0 amide bonds. The molecule has 3 rings (SSSR count). The van der Waals surface area contributed by atoms with Crippen molar-refractivity contribution in [3.8, 4) is 0 Å². The first-order valence-electron chi connectivity index (χ1n) is 7.33. The van der Waals surface area contributed by atoms with Crippen molar-refractivity contribution < 1.29 is 14.3 Å². The molecule has 22 heavy (non-hydrogen) atoms. The third-order valence-electron chi connectivity index (χ3n) is 4.31. The van der Waals surface area contributed by atoms with Gasteiger partial charge in [-0.25, -0.2) is 0 Å². The van der Waals surface area contributed by atoms with Gasteiger partial charge in [0.25, 0.3) is 0 Å². The summed E-state index contributed by atoms with van der Waals surface area (Å²) in [5.41, 5.74) is 3.06.